The van der Waals surface area contributed by atoms with Gasteiger partial charge in [0.1, 0.15) is 5.82 Å². The summed E-state index contributed by atoms with van der Waals surface area (Å²) in [6, 6.07) is 13.8. The van der Waals surface area contributed by atoms with Gasteiger partial charge in [-0.2, -0.15) is 4.31 Å². The molecule has 2 aromatic carbocycles. The van der Waals surface area contributed by atoms with Crippen LogP contribution in [0.2, 0.25) is 0 Å². The summed E-state index contributed by atoms with van der Waals surface area (Å²) in [7, 11) is -3.54. The van der Waals surface area contributed by atoms with Crippen molar-refractivity contribution in [1.82, 2.24) is 14.1 Å². The van der Waals surface area contributed by atoms with E-state index in [-0.39, 0.29) is 17.9 Å². The van der Waals surface area contributed by atoms with Gasteiger partial charge < -0.3 is 9.80 Å². The highest BCUT2D eigenvalue weighted by Gasteiger charge is 2.37. The summed E-state index contributed by atoms with van der Waals surface area (Å²) < 4.78 is 41.2. The normalized spacial score (nSPS) is 21.1. The summed E-state index contributed by atoms with van der Waals surface area (Å²) in [5.74, 6) is 0.266. The Morgan fingerprint density at radius 1 is 0.800 bits per heavy atom. The third-order valence-electron chi connectivity index (χ3n) is 7.87. The molecule has 188 valence electrons. The van der Waals surface area contributed by atoms with Crippen molar-refractivity contribution in [3.63, 3.8) is 0 Å². The monoisotopic (exact) mass is 499 g/mol. The summed E-state index contributed by atoms with van der Waals surface area (Å²) in [5.41, 5.74) is 2.15. The fourth-order valence-corrected chi connectivity index (χ4v) is 7.26. The summed E-state index contributed by atoms with van der Waals surface area (Å²) in [4.78, 5) is 17.0. The molecule has 0 unspecified atom stereocenters. The highest BCUT2D eigenvalue weighted by atomic mass is 32.2. The first-order valence-corrected chi connectivity index (χ1v) is 14.3. The largest absolute Gasteiger partial charge is 0.320 e. The molecule has 1 aliphatic carbocycles. The zero-order valence-corrected chi connectivity index (χ0v) is 20.9. The number of amides is 2. The molecule has 35 heavy (non-hydrogen) atoms. The molecule has 2 heterocycles. The maximum absolute atomic E-state index is 13.3. The fourth-order valence-electron chi connectivity index (χ4n) is 5.79. The summed E-state index contributed by atoms with van der Waals surface area (Å²) in [6.45, 7) is 2.56. The van der Waals surface area contributed by atoms with E-state index in [0.717, 1.165) is 5.56 Å². The van der Waals surface area contributed by atoms with E-state index in [1.54, 1.807) is 33.5 Å². The van der Waals surface area contributed by atoms with E-state index in [1.807, 2.05) is 17.0 Å². The Morgan fingerprint density at radius 2 is 1.46 bits per heavy atom. The van der Waals surface area contributed by atoms with Gasteiger partial charge in [0, 0.05) is 38.8 Å². The standard InChI is InChI=1S/C27H34FN3O3S/c28-24-10-6-21(7-11-24)20-29-18-19-31(27(29)32)25-14-16-30(17-15-25)35(33,34)26-12-8-23(9-13-26)22-4-2-1-3-5-22/h6-13,22,25H,1-5,14-20H2. The van der Waals surface area contributed by atoms with Crippen molar-refractivity contribution in [3.05, 3.63) is 65.5 Å². The number of halogens is 1. The van der Waals surface area contributed by atoms with Crippen LogP contribution in [0, 0.1) is 5.82 Å². The molecule has 0 atom stereocenters. The van der Waals surface area contributed by atoms with Gasteiger partial charge in [0.25, 0.3) is 0 Å². The number of hydrogen-bond acceptors (Lipinski definition) is 3. The van der Waals surface area contributed by atoms with Crippen LogP contribution in [0.5, 0.6) is 0 Å². The smallest absolute Gasteiger partial charge is 0.320 e. The zero-order valence-electron chi connectivity index (χ0n) is 20.1. The second kappa shape index (κ2) is 10.3. The van der Waals surface area contributed by atoms with Gasteiger partial charge in [-0.1, -0.05) is 43.5 Å². The number of piperidine rings is 1. The Bertz CT molecular complexity index is 1120. The molecule has 0 spiro atoms. The lowest BCUT2D eigenvalue weighted by Gasteiger charge is -2.36. The summed E-state index contributed by atoms with van der Waals surface area (Å²) in [6.07, 6.45) is 7.46. The number of benzene rings is 2. The molecule has 3 fully saturated rings. The molecule has 2 aliphatic heterocycles. The molecule has 2 saturated heterocycles. The van der Waals surface area contributed by atoms with Crippen molar-refractivity contribution in [2.45, 2.75) is 68.3 Å². The number of nitrogens with zero attached hydrogens (tertiary/aromatic N) is 3. The molecule has 1 saturated carbocycles. The molecular weight excluding hydrogens is 465 g/mol. The molecule has 8 heteroatoms. The lowest BCUT2D eigenvalue weighted by molar-refractivity contribution is 0.153. The van der Waals surface area contributed by atoms with Crippen molar-refractivity contribution in [2.75, 3.05) is 26.2 Å². The van der Waals surface area contributed by atoms with Crippen molar-refractivity contribution >= 4 is 16.1 Å². The van der Waals surface area contributed by atoms with E-state index in [2.05, 4.69) is 0 Å². The fraction of sp³-hybridized carbons (Fsp3) is 0.519. The predicted molar refractivity (Wildman–Crippen MR) is 133 cm³/mol. The second-order valence-corrected chi connectivity index (χ2v) is 12.0. The first-order valence-electron chi connectivity index (χ1n) is 12.8. The molecule has 2 amide bonds. The Labute approximate surface area is 207 Å². The molecule has 0 aromatic heterocycles. The molecule has 0 radical (unpaired) electrons. The van der Waals surface area contributed by atoms with Crippen LogP contribution < -0.4 is 0 Å². The topological polar surface area (TPSA) is 60.9 Å². The lowest BCUT2D eigenvalue weighted by Crippen LogP contribution is -2.47. The molecule has 2 aromatic rings. The Morgan fingerprint density at radius 3 is 2.11 bits per heavy atom. The van der Waals surface area contributed by atoms with E-state index < -0.39 is 10.0 Å². The van der Waals surface area contributed by atoms with Crippen LogP contribution in [0.3, 0.4) is 0 Å². The van der Waals surface area contributed by atoms with Gasteiger partial charge in [0.2, 0.25) is 10.0 Å². The van der Waals surface area contributed by atoms with E-state index in [4.69, 9.17) is 0 Å². The van der Waals surface area contributed by atoms with Crippen molar-refractivity contribution in [1.29, 1.82) is 0 Å². The number of carbonyl (C=O) groups is 1. The highest BCUT2D eigenvalue weighted by molar-refractivity contribution is 7.89. The third-order valence-corrected chi connectivity index (χ3v) is 9.79. The van der Waals surface area contributed by atoms with E-state index in [1.165, 1.54) is 49.8 Å². The van der Waals surface area contributed by atoms with Gasteiger partial charge in [0.05, 0.1) is 4.90 Å². The van der Waals surface area contributed by atoms with Gasteiger partial charge in [-0.15, -0.1) is 0 Å². The maximum Gasteiger partial charge on any atom is 0.320 e. The average Bonchev–Trinajstić information content (AvgIpc) is 3.26. The Balaban J connectivity index is 1.17. The Hall–Kier alpha value is -2.45. The second-order valence-electron chi connectivity index (χ2n) is 10.1. The minimum absolute atomic E-state index is 0.0195. The third kappa shape index (κ3) is 5.23. The molecule has 6 nitrogen and oxygen atoms in total. The van der Waals surface area contributed by atoms with Gasteiger partial charge in [-0.05, 0) is 67.0 Å². The van der Waals surface area contributed by atoms with E-state index >= 15 is 0 Å². The number of urea groups is 1. The highest BCUT2D eigenvalue weighted by Crippen LogP contribution is 2.33. The SMILES string of the molecule is O=C1N(Cc2ccc(F)cc2)CCN1C1CCN(S(=O)(=O)c2ccc(C3CCCCC3)cc2)CC1. The molecule has 3 aliphatic rings. The van der Waals surface area contributed by atoms with Gasteiger partial charge >= 0.3 is 6.03 Å². The van der Waals surface area contributed by atoms with E-state index in [9.17, 15) is 17.6 Å². The van der Waals surface area contributed by atoms with Gasteiger partial charge in [0.15, 0.2) is 0 Å². The van der Waals surface area contributed by atoms with Gasteiger partial charge in [-0.3, -0.25) is 0 Å². The quantitative estimate of drug-likeness (QED) is 0.564. The van der Waals surface area contributed by atoms with Crippen LogP contribution >= 0.6 is 0 Å². The minimum Gasteiger partial charge on any atom is -0.320 e. The maximum atomic E-state index is 13.3. The molecule has 5 rings (SSSR count). The number of rotatable bonds is 6. The summed E-state index contributed by atoms with van der Waals surface area (Å²) >= 11 is 0. The predicted octanol–water partition coefficient (Wildman–Crippen LogP) is 4.96. The summed E-state index contributed by atoms with van der Waals surface area (Å²) in [5, 5.41) is 0. The van der Waals surface area contributed by atoms with Crippen LogP contribution in [0.4, 0.5) is 9.18 Å². The van der Waals surface area contributed by atoms with Crippen molar-refractivity contribution < 1.29 is 17.6 Å². The first-order chi connectivity index (χ1) is 16.9. The van der Waals surface area contributed by atoms with Gasteiger partial charge in [-0.25, -0.2) is 17.6 Å². The molecular formula is C27H34FN3O3S. The zero-order chi connectivity index (χ0) is 24.4. The average molecular weight is 500 g/mol. The van der Waals surface area contributed by atoms with Crippen molar-refractivity contribution in [2.24, 2.45) is 0 Å². The lowest BCUT2D eigenvalue weighted by atomic mass is 9.84. The van der Waals surface area contributed by atoms with Crippen LogP contribution in [0.1, 0.15) is 62.0 Å². The number of sulfonamides is 1. The van der Waals surface area contributed by atoms with Crippen LogP contribution in [0.25, 0.3) is 0 Å². The van der Waals surface area contributed by atoms with Crippen LogP contribution in [-0.2, 0) is 16.6 Å². The molecule has 0 bridgehead atoms. The number of hydrogen-bond donors (Lipinski definition) is 0. The van der Waals surface area contributed by atoms with E-state index in [0.29, 0.717) is 56.4 Å². The Kier molecular flexibility index (Phi) is 7.12. The van der Waals surface area contributed by atoms with Crippen LogP contribution in [0.15, 0.2) is 53.4 Å². The number of carbonyl (C=O) groups excluding carboxylic acids is 1. The van der Waals surface area contributed by atoms with Crippen LogP contribution in [-0.4, -0.2) is 60.8 Å². The van der Waals surface area contributed by atoms with Crippen molar-refractivity contribution in [3.8, 4) is 0 Å². The first kappa shape index (κ1) is 24.3. The minimum atomic E-state index is -3.54. The molecule has 0 N–H and O–H groups in total.